The van der Waals surface area contributed by atoms with Gasteiger partial charge in [-0.2, -0.15) is 13.2 Å². The van der Waals surface area contributed by atoms with Gasteiger partial charge in [0.05, 0.1) is 23.6 Å². The van der Waals surface area contributed by atoms with Crippen molar-refractivity contribution >= 4 is 15.6 Å². The lowest BCUT2D eigenvalue weighted by Crippen LogP contribution is -2.34. The van der Waals surface area contributed by atoms with E-state index in [0.29, 0.717) is 11.5 Å². The molecule has 1 aromatic rings. The number of nitrogens with zero attached hydrogens (tertiary/aromatic N) is 1. The number of aromatic nitrogens is 1. The summed E-state index contributed by atoms with van der Waals surface area (Å²) >= 11 is 0. The summed E-state index contributed by atoms with van der Waals surface area (Å²) in [6.45, 7) is 8.76. The molecule has 0 radical (unpaired) electrons. The molecule has 0 bridgehead atoms. The lowest BCUT2D eigenvalue weighted by Gasteiger charge is -2.22. The Hall–Kier alpha value is -1.38. The molecule has 9 heteroatoms. The zero-order valence-corrected chi connectivity index (χ0v) is 16.6. The standard InChI is InChI=1S/C17H26F3NO4S/c1-15(2,3)13-9-12(25-21-13)10-14(22)16(4,5)11-26(23,24)8-6-7-17(18,19)20/h9H,6-8,10-11H2,1-5H3. The molecule has 0 saturated heterocycles. The molecule has 150 valence electrons. The van der Waals surface area contributed by atoms with Crippen molar-refractivity contribution in [2.45, 2.75) is 65.5 Å². The summed E-state index contributed by atoms with van der Waals surface area (Å²) < 4.78 is 65.8. The van der Waals surface area contributed by atoms with Gasteiger partial charge in [-0.25, -0.2) is 8.42 Å². The second kappa shape index (κ2) is 7.70. The second-order valence-electron chi connectivity index (χ2n) is 8.22. The Morgan fingerprint density at radius 3 is 2.19 bits per heavy atom. The van der Waals surface area contributed by atoms with Crippen molar-refractivity contribution in [2.75, 3.05) is 11.5 Å². The van der Waals surface area contributed by atoms with Gasteiger partial charge in [-0.3, -0.25) is 4.79 Å². The molecule has 0 amide bonds. The number of carbonyl (C=O) groups excluding carboxylic acids is 1. The Balaban J connectivity index is 2.71. The van der Waals surface area contributed by atoms with Gasteiger partial charge in [0.15, 0.2) is 9.84 Å². The fourth-order valence-corrected chi connectivity index (χ4v) is 4.33. The minimum Gasteiger partial charge on any atom is -0.361 e. The first kappa shape index (κ1) is 22.7. The SMILES string of the molecule is CC(C)(CS(=O)(=O)CCCC(F)(F)F)C(=O)Cc1cc(C(C)(C)C)no1. The molecule has 0 aliphatic rings. The zero-order chi connectivity index (χ0) is 20.4. The highest BCUT2D eigenvalue weighted by molar-refractivity contribution is 7.91. The maximum Gasteiger partial charge on any atom is 0.389 e. The molecule has 0 N–H and O–H groups in total. The van der Waals surface area contributed by atoms with Crippen LogP contribution in [0.5, 0.6) is 0 Å². The Kier molecular flexibility index (Phi) is 6.71. The minimum absolute atomic E-state index is 0.117. The Bertz CT molecular complexity index is 728. The predicted molar refractivity (Wildman–Crippen MR) is 91.6 cm³/mol. The van der Waals surface area contributed by atoms with E-state index < -0.39 is 45.8 Å². The normalized spacial score (nSPS) is 13.8. The van der Waals surface area contributed by atoms with Crippen LogP contribution >= 0.6 is 0 Å². The minimum atomic E-state index is -4.39. The third-order valence-electron chi connectivity index (χ3n) is 3.91. The van der Waals surface area contributed by atoms with Gasteiger partial charge in [-0.15, -0.1) is 0 Å². The largest absolute Gasteiger partial charge is 0.389 e. The van der Waals surface area contributed by atoms with Crippen LogP contribution in [0, 0.1) is 5.41 Å². The molecule has 0 atom stereocenters. The molecule has 0 unspecified atom stereocenters. The maximum absolute atomic E-state index is 12.5. The van der Waals surface area contributed by atoms with Gasteiger partial charge in [0.2, 0.25) is 0 Å². The van der Waals surface area contributed by atoms with Crippen LogP contribution in [0.4, 0.5) is 13.2 Å². The van der Waals surface area contributed by atoms with Crippen molar-refractivity contribution in [1.82, 2.24) is 5.16 Å². The molecular weight excluding hydrogens is 371 g/mol. The highest BCUT2D eigenvalue weighted by Crippen LogP contribution is 2.27. The van der Waals surface area contributed by atoms with Crippen molar-refractivity contribution in [3.05, 3.63) is 17.5 Å². The molecule has 1 aromatic heterocycles. The van der Waals surface area contributed by atoms with Crippen LogP contribution < -0.4 is 0 Å². The Morgan fingerprint density at radius 1 is 1.15 bits per heavy atom. The fourth-order valence-electron chi connectivity index (χ4n) is 2.34. The van der Waals surface area contributed by atoms with Crippen molar-refractivity contribution in [3.8, 4) is 0 Å². The van der Waals surface area contributed by atoms with Crippen molar-refractivity contribution < 1.29 is 30.9 Å². The third kappa shape index (κ3) is 7.47. The Morgan fingerprint density at radius 2 is 1.73 bits per heavy atom. The first-order chi connectivity index (χ1) is 11.5. The van der Waals surface area contributed by atoms with Crippen molar-refractivity contribution in [3.63, 3.8) is 0 Å². The Labute approximate surface area is 152 Å². The summed E-state index contributed by atoms with van der Waals surface area (Å²) in [7, 11) is -3.78. The first-order valence-corrected chi connectivity index (χ1v) is 10.1. The highest BCUT2D eigenvalue weighted by atomic mass is 32.2. The predicted octanol–water partition coefficient (Wildman–Crippen LogP) is 3.87. The molecule has 0 spiro atoms. The lowest BCUT2D eigenvalue weighted by molar-refractivity contribution is -0.134. The molecule has 0 fully saturated rings. The van der Waals surface area contributed by atoms with E-state index in [1.165, 1.54) is 13.8 Å². The second-order valence-corrected chi connectivity index (χ2v) is 10.4. The maximum atomic E-state index is 12.5. The average Bonchev–Trinajstić information content (AvgIpc) is 2.83. The van der Waals surface area contributed by atoms with E-state index in [9.17, 15) is 26.4 Å². The van der Waals surface area contributed by atoms with Gasteiger partial charge in [0.1, 0.15) is 11.5 Å². The first-order valence-electron chi connectivity index (χ1n) is 8.28. The van der Waals surface area contributed by atoms with E-state index in [0.717, 1.165) is 0 Å². The molecular formula is C17H26F3NO4S. The summed E-state index contributed by atoms with van der Waals surface area (Å²) in [5.41, 5.74) is -0.800. The van der Waals surface area contributed by atoms with Crippen LogP contribution in [0.3, 0.4) is 0 Å². The van der Waals surface area contributed by atoms with E-state index in [1.807, 2.05) is 20.8 Å². The van der Waals surface area contributed by atoms with Crippen LogP contribution in [-0.2, 0) is 26.5 Å². The van der Waals surface area contributed by atoms with E-state index in [2.05, 4.69) is 5.16 Å². The number of hydrogen-bond acceptors (Lipinski definition) is 5. The number of alkyl halides is 3. The average molecular weight is 397 g/mol. The smallest absolute Gasteiger partial charge is 0.361 e. The molecule has 0 saturated carbocycles. The van der Waals surface area contributed by atoms with Crippen LogP contribution in [0.2, 0.25) is 0 Å². The van der Waals surface area contributed by atoms with Crippen molar-refractivity contribution in [1.29, 1.82) is 0 Å². The summed E-state index contributed by atoms with van der Waals surface area (Å²) in [5, 5.41) is 3.91. The molecule has 1 heterocycles. The number of sulfone groups is 1. The monoisotopic (exact) mass is 397 g/mol. The quantitative estimate of drug-likeness (QED) is 0.666. The fraction of sp³-hybridized carbons (Fsp3) is 0.765. The number of halogens is 3. The van der Waals surface area contributed by atoms with E-state index in [-0.39, 0.29) is 17.6 Å². The number of carbonyl (C=O) groups is 1. The van der Waals surface area contributed by atoms with Gasteiger partial charge in [-0.05, 0) is 6.42 Å². The molecule has 0 aliphatic carbocycles. The van der Waals surface area contributed by atoms with Gasteiger partial charge in [-0.1, -0.05) is 39.8 Å². The number of Topliss-reactive ketones (excluding diaryl/α,β-unsaturated/α-hetero) is 1. The lowest BCUT2D eigenvalue weighted by atomic mass is 9.87. The van der Waals surface area contributed by atoms with E-state index in [1.54, 1.807) is 6.07 Å². The van der Waals surface area contributed by atoms with E-state index >= 15 is 0 Å². The molecule has 0 aromatic carbocycles. The third-order valence-corrected chi connectivity index (χ3v) is 5.99. The topological polar surface area (TPSA) is 77.2 Å². The van der Waals surface area contributed by atoms with Gasteiger partial charge in [0.25, 0.3) is 0 Å². The molecule has 1 rings (SSSR count). The van der Waals surface area contributed by atoms with Crippen LogP contribution in [-0.4, -0.2) is 37.0 Å². The number of rotatable bonds is 8. The van der Waals surface area contributed by atoms with Gasteiger partial charge in [0, 0.05) is 23.3 Å². The van der Waals surface area contributed by atoms with Crippen molar-refractivity contribution in [2.24, 2.45) is 5.41 Å². The molecule has 0 aliphatic heterocycles. The molecule has 5 nitrogen and oxygen atoms in total. The number of hydrogen-bond donors (Lipinski definition) is 0. The van der Waals surface area contributed by atoms with Gasteiger partial charge < -0.3 is 4.52 Å². The number of ketones is 1. The summed E-state index contributed by atoms with van der Waals surface area (Å²) in [6, 6.07) is 1.66. The van der Waals surface area contributed by atoms with E-state index in [4.69, 9.17) is 4.52 Å². The molecule has 26 heavy (non-hydrogen) atoms. The summed E-state index contributed by atoms with van der Waals surface area (Å²) in [4.78, 5) is 12.5. The van der Waals surface area contributed by atoms with Gasteiger partial charge >= 0.3 is 6.18 Å². The highest BCUT2D eigenvalue weighted by Gasteiger charge is 2.35. The zero-order valence-electron chi connectivity index (χ0n) is 15.7. The summed E-state index contributed by atoms with van der Waals surface area (Å²) in [5.74, 6) is -1.13. The van der Waals surface area contributed by atoms with Crippen LogP contribution in [0.25, 0.3) is 0 Å². The summed E-state index contributed by atoms with van der Waals surface area (Å²) in [6.07, 6.45) is -6.17. The van der Waals surface area contributed by atoms with Crippen LogP contribution in [0.15, 0.2) is 10.6 Å². The van der Waals surface area contributed by atoms with Crippen LogP contribution in [0.1, 0.15) is 58.9 Å².